The van der Waals surface area contributed by atoms with E-state index in [2.05, 4.69) is 10.3 Å². The van der Waals surface area contributed by atoms with Crippen LogP contribution in [-0.2, 0) is 14.8 Å². The number of carbonyl (C=O) groups excluding carboxylic acids is 1. The second-order valence-corrected chi connectivity index (χ2v) is 10.1. The Hall–Kier alpha value is -1.90. The number of hydrogen-bond acceptors (Lipinski definition) is 5. The monoisotopic (exact) mass is 419 g/mol. The van der Waals surface area contributed by atoms with Crippen LogP contribution in [0.15, 0.2) is 58.6 Å². The van der Waals surface area contributed by atoms with E-state index in [0.29, 0.717) is 18.1 Å². The van der Waals surface area contributed by atoms with E-state index < -0.39 is 10.0 Å². The van der Waals surface area contributed by atoms with Crippen molar-refractivity contribution in [1.29, 1.82) is 0 Å². The van der Waals surface area contributed by atoms with Gasteiger partial charge >= 0.3 is 0 Å². The van der Waals surface area contributed by atoms with E-state index >= 15 is 0 Å². The fourth-order valence-electron chi connectivity index (χ4n) is 3.06. The van der Waals surface area contributed by atoms with E-state index in [-0.39, 0.29) is 22.1 Å². The number of nitrogens with one attached hydrogen (secondary N) is 1. The Morgan fingerprint density at radius 3 is 2.39 bits per heavy atom. The largest absolute Gasteiger partial charge is 0.349 e. The molecule has 6 nitrogen and oxygen atoms in total. The quantitative estimate of drug-likeness (QED) is 0.697. The maximum atomic E-state index is 12.5. The minimum absolute atomic E-state index is 0.0855. The molecular weight excluding hydrogens is 394 g/mol. The molecule has 1 amide bonds. The van der Waals surface area contributed by atoms with Crippen molar-refractivity contribution in [3.05, 3.63) is 54.2 Å². The summed E-state index contributed by atoms with van der Waals surface area (Å²) in [5, 5.41) is 3.27. The van der Waals surface area contributed by atoms with Crippen LogP contribution in [0.2, 0.25) is 0 Å². The van der Waals surface area contributed by atoms with Crippen LogP contribution in [0.1, 0.15) is 38.3 Å². The predicted octanol–water partition coefficient (Wildman–Crippen LogP) is 3.22. The molecule has 0 aliphatic carbocycles. The fraction of sp³-hybridized carbons (Fsp3) is 0.400. The highest BCUT2D eigenvalue weighted by Gasteiger charge is 2.27. The minimum atomic E-state index is -3.46. The number of benzene rings is 1. The highest BCUT2D eigenvalue weighted by atomic mass is 32.2. The number of carbonyl (C=O) groups is 1. The van der Waals surface area contributed by atoms with Crippen LogP contribution in [0.5, 0.6) is 0 Å². The average Bonchev–Trinajstić information content (AvgIpc) is 3.25. The molecule has 0 bridgehead atoms. The molecule has 2 aromatic rings. The molecule has 1 N–H and O–H groups in total. The number of hydrogen-bond donors (Lipinski definition) is 1. The first-order valence-electron chi connectivity index (χ1n) is 9.36. The molecule has 1 aliphatic rings. The van der Waals surface area contributed by atoms with E-state index in [4.69, 9.17) is 0 Å². The second-order valence-electron chi connectivity index (χ2n) is 6.84. The Morgan fingerprint density at radius 1 is 1.11 bits per heavy atom. The molecule has 28 heavy (non-hydrogen) atoms. The first-order valence-corrected chi connectivity index (χ1v) is 11.7. The van der Waals surface area contributed by atoms with E-state index in [1.807, 2.05) is 44.2 Å². The van der Waals surface area contributed by atoms with Crippen molar-refractivity contribution >= 4 is 27.7 Å². The molecule has 2 atom stereocenters. The van der Waals surface area contributed by atoms with Gasteiger partial charge in [0.1, 0.15) is 4.90 Å². The number of aromatic nitrogens is 1. The van der Waals surface area contributed by atoms with Crippen LogP contribution in [0.3, 0.4) is 0 Å². The van der Waals surface area contributed by atoms with Gasteiger partial charge in [-0.1, -0.05) is 42.1 Å². The molecule has 8 heteroatoms. The zero-order valence-electron chi connectivity index (χ0n) is 16.0. The number of amides is 1. The lowest BCUT2D eigenvalue weighted by atomic mass is 10.1. The van der Waals surface area contributed by atoms with E-state index in [0.717, 1.165) is 18.4 Å². The fourth-order valence-corrected chi connectivity index (χ4v) is 5.32. The minimum Gasteiger partial charge on any atom is -0.349 e. The normalized spacial score (nSPS) is 17.2. The van der Waals surface area contributed by atoms with E-state index in [1.165, 1.54) is 22.3 Å². The molecule has 1 fully saturated rings. The van der Waals surface area contributed by atoms with Crippen molar-refractivity contribution in [2.75, 3.05) is 13.1 Å². The molecular formula is C20H25N3O3S2. The van der Waals surface area contributed by atoms with Crippen molar-refractivity contribution in [1.82, 2.24) is 14.6 Å². The summed E-state index contributed by atoms with van der Waals surface area (Å²) in [6.45, 7) is 4.89. The second kappa shape index (κ2) is 9.07. The highest BCUT2D eigenvalue weighted by molar-refractivity contribution is 8.00. The lowest BCUT2D eigenvalue weighted by Gasteiger charge is -2.18. The SMILES string of the molecule is CC(Sc1ccc(S(=O)(=O)N2CCCC2)cn1)C(=O)NC(C)c1ccccc1. The van der Waals surface area contributed by atoms with Gasteiger partial charge in [0, 0.05) is 19.3 Å². The third-order valence-electron chi connectivity index (χ3n) is 4.74. The molecule has 150 valence electrons. The Bertz CT molecular complexity index is 896. The summed E-state index contributed by atoms with van der Waals surface area (Å²) in [5.74, 6) is -0.0862. The summed E-state index contributed by atoms with van der Waals surface area (Å²) in [6, 6.07) is 12.9. The van der Waals surface area contributed by atoms with Gasteiger partial charge in [0.15, 0.2) is 0 Å². The Labute approximate surface area is 170 Å². The molecule has 1 aromatic heterocycles. The van der Waals surface area contributed by atoms with Crippen molar-refractivity contribution in [3.8, 4) is 0 Å². The topological polar surface area (TPSA) is 79.4 Å². The van der Waals surface area contributed by atoms with Crippen molar-refractivity contribution in [2.45, 2.75) is 47.9 Å². The van der Waals surface area contributed by atoms with Gasteiger partial charge in [0.25, 0.3) is 0 Å². The van der Waals surface area contributed by atoms with Crippen LogP contribution >= 0.6 is 11.8 Å². The molecule has 3 rings (SSSR count). The summed E-state index contributed by atoms with van der Waals surface area (Å²) < 4.78 is 26.6. The van der Waals surface area contributed by atoms with Crippen molar-refractivity contribution in [3.63, 3.8) is 0 Å². The first kappa shape index (κ1) is 20.8. The van der Waals surface area contributed by atoms with Gasteiger partial charge in [-0.3, -0.25) is 4.79 Å². The van der Waals surface area contributed by atoms with Gasteiger partial charge in [0.05, 0.1) is 16.3 Å². The van der Waals surface area contributed by atoms with Crippen LogP contribution < -0.4 is 5.32 Å². The van der Waals surface area contributed by atoms with Crippen molar-refractivity contribution < 1.29 is 13.2 Å². The van der Waals surface area contributed by atoms with Crippen LogP contribution in [0.4, 0.5) is 0 Å². The lowest BCUT2D eigenvalue weighted by Crippen LogP contribution is -2.33. The maximum absolute atomic E-state index is 12.5. The third kappa shape index (κ3) is 4.92. The zero-order valence-corrected chi connectivity index (χ0v) is 17.7. The first-order chi connectivity index (χ1) is 13.4. The Morgan fingerprint density at radius 2 is 1.79 bits per heavy atom. The van der Waals surface area contributed by atoms with Gasteiger partial charge in [-0.05, 0) is 44.4 Å². The molecule has 1 aromatic carbocycles. The summed E-state index contributed by atoms with van der Waals surface area (Å²) in [7, 11) is -3.46. The smallest absolute Gasteiger partial charge is 0.244 e. The number of nitrogens with zero attached hydrogens (tertiary/aromatic N) is 2. The number of thioether (sulfide) groups is 1. The molecule has 0 saturated carbocycles. The van der Waals surface area contributed by atoms with Gasteiger partial charge in [-0.15, -0.1) is 0 Å². The Kier molecular flexibility index (Phi) is 6.74. The van der Waals surface area contributed by atoms with Gasteiger partial charge in [-0.2, -0.15) is 4.31 Å². The number of sulfonamides is 1. The van der Waals surface area contributed by atoms with E-state index in [9.17, 15) is 13.2 Å². The zero-order chi connectivity index (χ0) is 20.1. The molecule has 2 heterocycles. The van der Waals surface area contributed by atoms with Gasteiger partial charge < -0.3 is 5.32 Å². The highest BCUT2D eigenvalue weighted by Crippen LogP contribution is 2.25. The third-order valence-corrected chi connectivity index (χ3v) is 7.67. The molecule has 0 spiro atoms. The van der Waals surface area contributed by atoms with Crippen molar-refractivity contribution in [2.24, 2.45) is 0 Å². The maximum Gasteiger partial charge on any atom is 0.244 e. The van der Waals surface area contributed by atoms with Gasteiger partial charge in [-0.25, -0.2) is 13.4 Å². The van der Waals surface area contributed by atoms with Crippen LogP contribution in [0.25, 0.3) is 0 Å². The molecule has 1 aliphatic heterocycles. The molecule has 1 saturated heterocycles. The molecule has 0 radical (unpaired) electrons. The standard InChI is InChI=1S/C20H25N3O3S2/c1-15(17-8-4-3-5-9-17)22-20(24)16(2)27-19-11-10-18(14-21-19)28(25,26)23-12-6-7-13-23/h3-5,8-11,14-16H,6-7,12-13H2,1-2H3,(H,22,24). The predicted molar refractivity (Wildman–Crippen MR) is 111 cm³/mol. The summed E-state index contributed by atoms with van der Waals surface area (Å²) in [5.41, 5.74) is 1.04. The average molecular weight is 420 g/mol. The molecule has 2 unspecified atom stereocenters. The van der Waals surface area contributed by atoms with Crippen LogP contribution in [-0.4, -0.2) is 42.0 Å². The Balaban J connectivity index is 1.59. The number of rotatable bonds is 7. The van der Waals surface area contributed by atoms with E-state index in [1.54, 1.807) is 12.1 Å². The van der Waals surface area contributed by atoms with Gasteiger partial charge in [0.2, 0.25) is 15.9 Å². The summed E-state index contributed by atoms with van der Waals surface area (Å²) in [6.07, 6.45) is 3.18. The summed E-state index contributed by atoms with van der Waals surface area (Å²) in [4.78, 5) is 16.9. The van der Waals surface area contributed by atoms with Crippen LogP contribution in [0, 0.1) is 0 Å². The number of pyridine rings is 1. The lowest BCUT2D eigenvalue weighted by molar-refractivity contribution is -0.120. The summed E-state index contributed by atoms with van der Waals surface area (Å²) >= 11 is 1.31.